The molecule has 2 aromatic heterocycles. The van der Waals surface area contributed by atoms with Crippen molar-refractivity contribution in [2.24, 2.45) is 0 Å². The summed E-state index contributed by atoms with van der Waals surface area (Å²) in [7, 11) is 0. The first-order valence-corrected chi connectivity index (χ1v) is 6.00. The van der Waals surface area contributed by atoms with Crippen molar-refractivity contribution in [3.8, 4) is 0 Å². The van der Waals surface area contributed by atoms with Crippen molar-refractivity contribution in [3.05, 3.63) is 29.6 Å². The van der Waals surface area contributed by atoms with E-state index in [1.54, 1.807) is 0 Å². The fraction of sp³-hybridized carbons (Fsp3) is 0.462. The molecular formula is C13H17N3. The van der Waals surface area contributed by atoms with Gasteiger partial charge in [0.2, 0.25) is 0 Å². The van der Waals surface area contributed by atoms with E-state index in [9.17, 15) is 0 Å². The van der Waals surface area contributed by atoms with Crippen molar-refractivity contribution in [2.75, 3.05) is 13.1 Å². The van der Waals surface area contributed by atoms with Crippen LogP contribution in [0.2, 0.25) is 0 Å². The second-order valence-corrected chi connectivity index (χ2v) is 4.62. The summed E-state index contributed by atoms with van der Waals surface area (Å²) in [4.78, 5) is 7.79. The molecule has 1 saturated heterocycles. The molecule has 84 valence electrons. The Labute approximate surface area is 95.3 Å². The number of piperidine rings is 1. The molecule has 3 heteroatoms. The minimum atomic E-state index is 0.639. The molecule has 0 spiro atoms. The lowest BCUT2D eigenvalue weighted by molar-refractivity contribution is 0.460. The smallest absolute Gasteiger partial charge is 0.137 e. The van der Waals surface area contributed by atoms with Gasteiger partial charge in [-0.3, -0.25) is 0 Å². The molecule has 0 aliphatic carbocycles. The summed E-state index contributed by atoms with van der Waals surface area (Å²) in [6.07, 6.45) is 4.51. The van der Waals surface area contributed by atoms with Crippen LogP contribution in [0.15, 0.2) is 18.3 Å². The molecule has 2 aromatic rings. The molecule has 1 unspecified atom stereocenters. The normalized spacial score (nSPS) is 21.4. The summed E-state index contributed by atoms with van der Waals surface area (Å²) in [6, 6.07) is 4.40. The third-order valence-corrected chi connectivity index (χ3v) is 3.50. The largest absolute Gasteiger partial charge is 0.346 e. The molecule has 0 amide bonds. The molecule has 0 saturated carbocycles. The van der Waals surface area contributed by atoms with E-state index in [1.165, 1.54) is 29.5 Å². The van der Waals surface area contributed by atoms with Crippen LogP contribution in [0.3, 0.4) is 0 Å². The maximum Gasteiger partial charge on any atom is 0.137 e. The van der Waals surface area contributed by atoms with Crippen LogP contribution < -0.4 is 5.32 Å². The number of aromatic nitrogens is 2. The van der Waals surface area contributed by atoms with Crippen LogP contribution in [0.1, 0.15) is 30.0 Å². The van der Waals surface area contributed by atoms with Crippen LogP contribution in [0.4, 0.5) is 0 Å². The Morgan fingerprint density at radius 3 is 3.19 bits per heavy atom. The van der Waals surface area contributed by atoms with Crippen molar-refractivity contribution < 1.29 is 0 Å². The molecular weight excluding hydrogens is 198 g/mol. The Kier molecular flexibility index (Phi) is 2.40. The quantitative estimate of drug-likeness (QED) is 0.766. The SMILES string of the molecule is Cc1nc2[nH]ccc2cc1C1CCCNC1. The van der Waals surface area contributed by atoms with Crippen molar-refractivity contribution in [1.82, 2.24) is 15.3 Å². The van der Waals surface area contributed by atoms with E-state index in [-0.39, 0.29) is 0 Å². The molecule has 16 heavy (non-hydrogen) atoms. The summed E-state index contributed by atoms with van der Waals surface area (Å²) < 4.78 is 0. The van der Waals surface area contributed by atoms with E-state index >= 15 is 0 Å². The maximum absolute atomic E-state index is 4.63. The molecule has 0 bridgehead atoms. The fourth-order valence-electron chi connectivity index (χ4n) is 2.62. The Bertz CT molecular complexity index is 495. The van der Waals surface area contributed by atoms with Crippen LogP contribution in [-0.4, -0.2) is 23.1 Å². The summed E-state index contributed by atoms with van der Waals surface area (Å²) in [5, 5.41) is 4.69. The first-order chi connectivity index (χ1) is 7.84. The number of aryl methyl sites for hydroxylation is 1. The van der Waals surface area contributed by atoms with Crippen LogP contribution >= 0.6 is 0 Å². The number of H-pyrrole nitrogens is 1. The second kappa shape index (κ2) is 3.91. The third-order valence-electron chi connectivity index (χ3n) is 3.50. The van der Waals surface area contributed by atoms with Gasteiger partial charge < -0.3 is 10.3 Å². The molecule has 3 rings (SSSR count). The average molecular weight is 215 g/mol. The highest BCUT2D eigenvalue weighted by Crippen LogP contribution is 2.27. The lowest BCUT2D eigenvalue weighted by Crippen LogP contribution is -2.28. The standard InChI is InChI=1S/C13H17N3/c1-9-12(11-3-2-5-14-8-11)7-10-4-6-15-13(10)16-9/h4,6-7,11,14H,2-3,5,8H2,1H3,(H,15,16). The highest BCUT2D eigenvalue weighted by molar-refractivity contribution is 5.76. The highest BCUT2D eigenvalue weighted by Gasteiger charge is 2.18. The molecule has 1 fully saturated rings. The number of nitrogens with one attached hydrogen (secondary N) is 2. The summed E-state index contributed by atoms with van der Waals surface area (Å²) in [6.45, 7) is 4.37. The number of hydrogen-bond donors (Lipinski definition) is 2. The fourth-order valence-corrected chi connectivity index (χ4v) is 2.62. The number of aromatic amines is 1. The van der Waals surface area contributed by atoms with Crippen molar-refractivity contribution >= 4 is 11.0 Å². The van der Waals surface area contributed by atoms with Gasteiger partial charge in [0.1, 0.15) is 5.65 Å². The number of fused-ring (bicyclic) bond motifs is 1. The number of nitrogens with zero attached hydrogens (tertiary/aromatic N) is 1. The zero-order valence-electron chi connectivity index (χ0n) is 9.59. The number of pyridine rings is 1. The maximum atomic E-state index is 4.63. The zero-order valence-corrected chi connectivity index (χ0v) is 9.59. The van der Waals surface area contributed by atoms with Crippen molar-refractivity contribution in [1.29, 1.82) is 0 Å². The second-order valence-electron chi connectivity index (χ2n) is 4.62. The van der Waals surface area contributed by atoms with Gasteiger partial charge in [-0.2, -0.15) is 0 Å². The topological polar surface area (TPSA) is 40.7 Å². The lowest BCUT2D eigenvalue weighted by atomic mass is 9.90. The predicted octanol–water partition coefficient (Wildman–Crippen LogP) is 2.34. The molecule has 3 nitrogen and oxygen atoms in total. The molecule has 2 N–H and O–H groups in total. The van der Waals surface area contributed by atoms with Gasteiger partial charge in [0.25, 0.3) is 0 Å². The van der Waals surface area contributed by atoms with Crippen molar-refractivity contribution in [2.45, 2.75) is 25.7 Å². The summed E-state index contributed by atoms with van der Waals surface area (Å²) in [5.41, 5.74) is 3.59. The van der Waals surface area contributed by atoms with Crippen molar-refractivity contribution in [3.63, 3.8) is 0 Å². The van der Waals surface area contributed by atoms with Gasteiger partial charge in [0.05, 0.1) is 0 Å². The number of hydrogen-bond acceptors (Lipinski definition) is 2. The third kappa shape index (κ3) is 1.61. The van der Waals surface area contributed by atoms with Gasteiger partial charge >= 0.3 is 0 Å². The minimum absolute atomic E-state index is 0.639. The Balaban J connectivity index is 2.03. The van der Waals surface area contributed by atoms with Gasteiger partial charge in [-0.1, -0.05) is 0 Å². The lowest BCUT2D eigenvalue weighted by Gasteiger charge is -2.24. The molecule has 0 aromatic carbocycles. The van der Waals surface area contributed by atoms with Crippen LogP contribution in [0.5, 0.6) is 0 Å². The molecule has 1 atom stereocenters. The van der Waals surface area contributed by atoms with E-state index < -0.39 is 0 Å². The zero-order chi connectivity index (χ0) is 11.0. The van der Waals surface area contributed by atoms with Crippen LogP contribution in [0.25, 0.3) is 11.0 Å². The van der Waals surface area contributed by atoms with E-state index in [1.807, 2.05) is 6.20 Å². The van der Waals surface area contributed by atoms with Gasteiger partial charge in [-0.05, 0) is 49.9 Å². The molecule has 3 heterocycles. The number of rotatable bonds is 1. The molecule has 1 aliphatic heterocycles. The first kappa shape index (κ1) is 9.85. The Hall–Kier alpha value is -1.35. The molecule has 0 radical (unpaired) electrons. The van der Waals surface area contributed by atoms with Gasteiger partial charge in [-0.25, -0.2) is 4.98 Å². The Morgan fingerprint density at radius 1 is 1.44 bits per heavy atom. The van der Waals surface area contributed by atoms with Gasteiger partial charge in [0.15, 0.2) is 0 Å². The van der Waals surface area contributed by atoms with E-state index in [0.29, 0.717) is 5.92 Å². The van der Waals surface area contributed by atoms with E-state index in [2.05, 4.69) is 34.3 Å². The first-order valence-electron chi connectivity index (χ1n) is 6.00. The summed E-state index contributed by atoms with van der Waals surface area (Å²) in [5.74, 6) is 0.639. The average Bonchev–Trinajstić information content (AvgIpc) is 2.76. The summed E-state index contributed by atoms with van der Waals surface area (Å²) >= 11 is 0. The van der Waals surface area contributed by atoms with E-state index in [4.69, 9.17) is 0 Å². The van der Waals surface area contributed by atoms with Gasteiger partial charge in [0, 0.05) is 23.8 Å². The molecule has 1 aliphatic rings. The Morgan fingerprint density at radius 2 is 2.38 bits per heavy atom. The van der Waals surface area contributed by atoms with Crippen LogP contribution in [0, 0.1) is 6.92 Å². The monoisotopic (exact) mass is 215 g/mol. The highest BCUT2D eigenvalue weighted by atomic mass is 14.9. The minimum Gasteiger partial charge on any atom is -0.346 e. The van der Waals surface area contributed by atoms with Gasteiger partial charge in [-0.15, -0.1) is 0 Å². The van der Waals surface area contributed by atoms with E-state index in [0.717, 1.165) is 18.7 Å². The van der Waals surface area contributed by atoms with Crippen LogP contribution in [-0.2, 0) is 0 Å². The predicted molar refractivity (Wildman–Crippen MR) is 65.7 cm³/mol.